The van der Waals surface area contributed by atoms with E-state index in [0.717, 1.165) is 11.8 Å². The van der Waals surface area contributed by atoms with Gasteiger partial charge in [0.25, 0.3) is 0 Å². The van der Waals surface area contributed by atoms with E-state index in [1.54, 1.807) is 24.3 Å². The number of methoxy groups -OCH3 is 1. The average molecular weight is 200 g/mol. The number of benzene rings is 1. The lowest BCUT2D eigenvalue weighted by Gasteiger charge is -2.04. The molecule has 0 aromatic heterocycles. The molecule has 0 saturated heterocycles. The molecule has 0 radical (unpaired) electrons. The molecule has 0 N–H and O–H groups in total. The highest BCUT2D eigenvalue weighted by molar-refractivity contribution is 8.00. The Bertz CT molecular complexity index is 276. The molecule has 13 heavy (non-hydrogen) atoms. The van der Waals surface area contributed by atoms with E-state index in [9.17, 15) is 9.18 Å². The second-order valence-corrected chi connectivity index (χ2v) is 3.39. The second kappa shape index (κ2) is 4.87. The summed E-state index contributed by atoms with van der Waals surface area (Å²) in [6.45, 7) is 0. The first kappa shape index (κ1) is 10.1. The number of hydrogen-bond acceptors (Lipinski definition) is 3. The molecule has 1 aromatic carbocycles. The summed E-state index contributed by atoms with van der Waals surface area (Å²) in [7, 11) is 1.17. The molecular weight excluding hydrogens is 191 g/mol. The summed E-state index contributed by atoms with van der Waals surface area (Å²) in [5, 5.41) is 0. The average Bonchev–Trinajstić information content (AvgIpc) is 2.18. The lowest BCUT2D eigenvalue weighted by Crippen LogP contribution is -2.12. The number of esters is 1. The number of ether oxygens (including phenoxy) is 1. The van der Waals surface area contributed by atoms with E-state index in [1.807, 2.05) is 6.07 Å². The summed E-state index contributed by atoms with van der Waals surface area (Å²) >= 11 is 0.835. The normalized spacial score (nSPS) is 12.2. The van der Waals surface area contributed by atoms with Crippen LogP contribution in [0.1, 0.15) is 0 Å². The van der Waals surface area contributed by atoms with Gasteiger partial charge >= 0.3 is 5.97 Å². The van der Waals surface area contributed by atoms with Crippen LogP contribution >= 0.6 is 11.8 Å². The van der Waals surface area contributed by atoms with E-state index in [4.69, 9.17) is 0 Å². The van der Waals surface area contributed by atoms with Crippen LogP contribution in [0.4, 0.5) is 4.39 Å². The summed E-state index contributed by atoms with van der Waals surface area (Å²) in [6, 6.07) is 8.87. The molecule has 2 nitrogen and oxygen atoms in total. The minimum absolute atomic E-state index is 0.709. The topological polar surface area (TPSA) is 26.3 Å². The van der Waals surface area contributed by atoms with Crippen LogP contribution in [0.3, 0.4) is 0 Å². The molecule has 0 heterocycles. The van der Waals surface area contributed by atoms with Crippen molar-refractivity contribution in [1.82, 2.24) is 0 Å². The fraction of sp³-hybridized carbons (Fsp3) is 0.222. The summed E-state index contributed by atoms with van der Waals surface area (Å²) in [4.78, 5) is 11.4. The van der Waals surface area contributed by atoms with E-state index in [0.29, 0.717) is 4.90 Å². The molecule has 0 aliphatic carbocycles. The summed E-state index contributed by atoms with van der Waals surface area (Å²) in [5.74, 6) is -0.853. The fourth-order valence-corrected chi connectivity index (χ4v) is 1.50. The zero-order chi connectivity index (χ0) is 9.68. The van der Waals surface area contributed by atoms with Gasteiger partial charge in [0.2, 0.25) is 5.50 Å². The summed E-state index contributed by atoms with van der Waals surface area (Å²) < 4.78 is 17.2. The van der Waals surface area contributed by atoms with Crippen LogP contribution in [-0.4, -0.2) is 18.6 Å². The predicted octanol–water partition coefficient (Wildman–Crippen LogP) is 2.25. The lowest BCUT2D eigenvalue weighted by atomic mass is 10.4. The highest BCUT2D eigenvalue weighted by Crippen LogP contribution is 2.24. The standard InChI is InChI=1S/C9H9FO2S/c1-12-9(11)8(10)13-7-5-3-2-4-6-7/h2-6,8H,1H3. The van der Waals surface area contributed by atoms with Gasteiger partial charge in [0.15, 0.2) is 0 Å². The van der Waals surface area contributed by atoms with Crippen molar-refractivity contribution in [3.05, 3.63) is 30.3 Å². The van der Waals surface area contributed by atoms with E-state index in [-0.39, 0.29) is 0 Å². The second-order valence-electron chi connectivity index (χ2n) is 2.27. The van der Waals surface area contributed by atoms with Crippen molar-refractivity contribution in [2.24, 2.45) is 0 Å². The SMILES string of the molecule is COC(=O)C(F)Sc1ccccc1. The Kier molecular flexibility index (Phi) is 3.76. The molecule has 0 amide bonds. The maximum absolute atomic E-state index is 13.0. The number of rotatable bonds is 3. The minimum Gasteiger partial charge on any atom is -0.466 e. The van der Waals surface area contributed by atoms with Gasteiger partial charge in [0, 0.05) is 4.90 Å². The van der Waals surface area contributed by atoms with E-state index in [2.05, 4.69) is 4.74 Å². The van der Waals surface area contributed by atoms with E-state index < -0.39 is 11.5 Å². The molecule has 0 fully saturated rings. The Balaban J connectivity index is 2.55. The molecule has 1 unspecified atom stereocenters. The number of halogens is 1. The predicted molar refractivity (Wildman–Crippen MR) is 49.2 cm³/mol. The molecular formula is C9H9FO2S. The maximum atomic E-state index is 13.0. The third-order valence-corrected chi connectivity index (χ3v) is 2.31. The van der Waals surface area contributed by atoms with Gasteiger partial charge in [-0.1, -0.05) is 30.0 Å². The monoisotopic (exact) mass is 200 g/mol. The molecule has 1 rings (SSSR count). The Hall–Kier alpha value is -1.03. The van der Waals surface area contributed by atoms with Gasteiger partial charge in [-0.3, -0.25) is 0 Å². The quantitative estimate of drug-likeness (QED) is 0.553. The molecule has 0 saturated carbocycles. The van der Waals surface area contributed by atoms with Crippen molar-refractivity contribution < 1.29 is 13.9 Å². The van der Waals surface area contributed by atoms with Gasteiger partial charge < -0.3 is 4.74 Å². The first-order valence-corrected chi connectivity index (χ1v) is 4.55. The third kappa shape index (κ3) is 3.06. The number of alkyl halides is 1. The van der Waals surface area contributed by atoms with Crippen molar-refractivity contribution >= 4 is 17.7 Å². The van der Waals surface area contributed by atoms with Gasteiger partial charge in [0.1, 0.15) is 0 Å². The smallest absolute Gasteiger partial charge is 0.351 e. The molecule has 0 aliphatic heterocycles. The number of carbonyl (C=O) groups excluding carboxylic acids is 1. The van der Waals surface area contributed by atoms with Crippen LogP contribution in [-0.2, 0) is 9.53 Å². The van der Waals surface area contributed by atoms with Gasteiger partial charge in [-0.2, -0.15) is 0 Å². The van der Waals surface area contributed by atoms with Gasteiger partial charge in [-0.15, -0.1) is 0 Å². The number of hydrogen-bond donors (Lipinski definition) is 0. The van der Waals surface area contributed by atoms with Crippen LogP contribution in [0.25, 0.3) is 0 Å². The Morgan fingerprint density at radius 2 is 2.08 bits per heavy atom. The van der Waals surface area contributed by atoms with Crippen LogP contribution in [0.2, 0.25) is 0 Å². The lowest BCUT2D eigenvalue weighted by molar-refractivity contribution is -0.142. The molecule has 0 spiro atoms. The minimum atomic E-state index is -1.65. The Labute approximate surface area is 80.1 Å². The van der Waals surface area contributed by atoms with Crippen molar-refractivity contribution in [3.8, 4) is 0 Å². The summed E-state index contributed by atoms with van der Waals surface area (Å²) in [6.07, 6.45) is 0. The molecule has 4 heteroatoms. The van der Waals surface area contributed by atoms with Gasteiger partial charge in [-0.05, 0) is 12.1 Å². The highest BCUT2D eigenvalue weighted by Gasteiger charge is 2.18. The largest absolute Gasteiger partial charge is 0.466 e. The first-order chi connectivity index (χ1) is 6.24. The van der Waals surface area contributed by atoms with Crippen LogP contribution < -0.4 is 0 Å². The molecule has 0 bridgehead atoms. The fourth-order valence-electron chi connectivity index (χ4n) is 0.759. The highest BCUT2D eigenvalue weighted by atomic mass is 32.2. The number of carbonyl (C=O) groups is 1. The van der Waals surface area contributed by atoms with Gasteiger partial charge in [0.05, 0.1) is 7.11 Å². The summed E-state index contributed by atoms with van der Waals surface area (Å²) in [5.41, 5.74) is -1.65. The van der Waals surface area contributed by atoms with Crippen LogP contribution in [0.5, 0.6) is 0 Å². The number of thioether (sulfide) groups is 1. The molecule has 1 atom stereocenters. The third-order valence-electron chi connectivity index (χ3n) is 1.37. The van der Waals surface area contributed by atoms with Crippen molar-refractivity contribution in [1.29, 1.82) is 0 Å². The zero-order valence-corrected chi connectivity index (χ0v) is 7.88. The molecule has 70 valence electrons. The zero-order valence-electron chi connectivity index (χ0n) is 7.07. The first-order valence-electron chi connectivity index (χ1n) is 3.67. The van der Waals surface area contributed by atoms with E-state index >= 15 is 0 Å². The van der Waals surface area contributed by atoms with Gasteiger partial charge in [-0.25, -0.2) is 9.18 Å². The van der Waals surface area contributed by atoms with E-state index in [1.165, 1.54) is 7.11 Å². The van der Waals surface area contributed by atoms with Crippen molar-refractivity contribution in [2.75, 3.05) is 7.11 Å². The molecule has 1 aromatic rings. The molecule has 0 aliphatic rings. The van der Waals surface area contributed by atoms with Crippen molar-refractivity contribution in [2.45, 2.75) is 10.4 Å². The maximum Gasteiger partial charge on any atom is 0.351 e. The van der Waals surface area contributed by atoms with Crippen molar-refractivity contribution in [3.63, 3.8) is 0 Å². The Morgan fingerprint density at radius 3 is 2.62 bits per heavy atom. The van der Waals surface area contributed by atoms with Crippen LogP contribution in [0, 0.1) is 0 Å². The van der Waals surface area contributed by atoms with Crippen LogP contribution in [0.15, 0.2) is 35.2 Å². The Morgan fingerprint density at radius 1 is 1.46 bits per heavy atom.